The third kappa shape index (κ3) is 5.54. The average Bonchev–Trinajstić information content (AvgIpc) is 2.85. The number of rotatable bonds is 7. The molecule has 8 heteroatoms. The molecular weight excluding hydrogens is 472 g/mol. The maximum Gasteiger partial charge on any atom is 0.263 e. The summed E-state index contributed by atoms with van der Waals surface area (Å²) < 4.78 is 33.9. The lowest BCUT2D eigenvalue weighted by Gasteiger charge is -2.32. The Labute approximate surface area is 205 Å². The van der Waals surface area contributed by atoms with Crippen LogP contribution in [-0.4, -0.2) is 39.4 Å². The molecule has 34 heavy (non-hydrogen) atoms. The molecule has 0 aromatic heterocycles. The highest BCUT2D eigenvalue weighted by atomic mass is 35.5. The predicted molar refractivity (Wildman–Crippen MR) is 134 cm³/mol. The van der Waals surface area contributed by atoms with Crippen LogP contribution in [-0.2, 0) is 16.4 Å². The number of nitrogens with zero attached hydrogens (tertiary/aromatic N) is 1. The number of carbonyl (C=O) groups is 1. The lowest BCUT2D eigenvalue weighted by atomic mass is 9.90. The molecular formula is C26H27ClN2O4S. The Kier molecular flexibility index (Phi) is 7.44. The van der Waals surface area contributed by atoms with Gasteiger partial charge in [-0.1, -0.05) is 54.1 Å². The molecule has 0 atom stereocenters. The summed E-state index contributed by atoms with van der Waals surface area (Å²) in [5.74, 6) is 0.717. The Morgan fingerprint density at radius 3 is 2.41 bits per heavy atom. The number of carbonyl (C=O) groups excluding carboxylic acids is 1. The number of amides is 1. The lowest BCUT2D eigenvalue weighted by Crippen LogP contribution is -2.39. The second-order valence-corrected chi connectivity index (χ2v) is 10.4. The van der Waals surface area contributed by atoms with Crippen molar-refractivity contribution in [2.45, 2.75) is 24.2 Å². The highest BCUT2D eigenvalue weighted by Crippen LogP contribution is 2.30. The van der Waals surface area contributed by atoms with Crippen LogP contribution in [0.4, 0.5) is 5.69 Å². The molecule has 3 aromatic rings. The summed E-state index contributed by atoms with van der Waals surface area (Å²) in [5.41, 5.74) is 1.90. The van der Waals surface area contributed by atoms with Gasteiger partial charge in [0.05, 0.1) is 17.8 Å². The molecule has 1 aliphatic rings. The first-order valence-corrected chi connectivity index (χ1v) is 13.0. The van der Waals surface area contributed by atoms with E-state index < -0.39 is 10.0 Å². The summed E-state index contributed by atoms with van der Waals surface area (Å²) in [6, 6.07) is 21.4. The van der Waals surface area contributed by atoms with Gasteiger partial charge < -0.3 is 9.64 Å². The van der Waals surface area contributed by atoms with E-state index in [1.165, 1.54) is 24.8 Å². The molecule has 1 fully saturated rings. The maximum absolute atomic E-state index is 13.2. The van der Waals surface area contributed by atoms with E-state index >= 15 is 0 Å². The van der Waals surface area contributed by atoms with E-state index in [4.69, 9.17) is 16.3 Å². The first kappa shape index (κ1) is 24.1. The van der Waals surface area contributed by atoms with E-state index in [-0.39, 0.29) is 15.8 Å². The summed E-state index contributed by atoms with van der Waals surface area (Å²) in [7, 11) is -2.58. The standard InChI is InChI=1S/C26H27ClN2O4S/c1-33-24-10-6-5-9-23(24)28-34(31,32)25-18-21(11-12-22(25)27)26(30)29-15-13-20(14-16-29)17-19-7-3-2-4-8-19/h2-12,18,20,28H,13-17H2,1H3. The van der Waals surface area contributed by atoms with Gasteiger partial charge in [-0.3, -0.25) is 9.52 Å². The van der Waals surface area contributed by atoms with Crippen LogP contribution >= 0.6 is 11.6 Å². The molecule has 0 radical (unpaired) electrons. The summed E-state index contributed by atoms with van der Waals surface area (Å²) in [4.78, 5) is 14.8. The number of para-hydroxylation sites is 2. The number of piperidine rings is 1. The zero-order chi connectivity index (χ0) is 24.1. The smallest absolute Gasteiger partial charge is 0.263 e. The molecule has 0 unspecified atom stereocenters. The molecule has 1 amide bonds. The SMILES string of the molecule is COc1ccccc1NS(=O)(=O)c1cc(C(=O)N2CCC(Cc3ccccc3)CC2)ccc1Cl. The van der Waals surface area contributed by atoms with Crippen LogP contribution in [0.25, 0.3) is 0 Å². The van der Waals surface area contributed by atoms with Gasteiger partial charge in [0, 0.05) is 18.7 Å². The maximum atomic E-state index is 13.2. The molecule has 0 bridgehead atoms. The summed E-state index contributed by atoms with van der Waals surface area (Å²) >= 11 is 6.23. The minimum atomic E-state index is -4.04. The van der Waals surface area contributed by atoms with E-state index in [1.54, 1.807) is 35.2 Å². The number of nitrogens with one attached hydrogen (secondary N) is 1. The number of halogens is 1. The van der Waals surface area contributed by atoms with Gasteiger partial charge in [0.2, 0.25) is 0 Å². The highest BCUT2D eigenvalue weighted by Gasteiger charge is 2.26. The van der Waals surface area contributed by atoms with Crippen molar-refractivity contribution in [3.63, 3.8) is 0 Å². The van der Waals surface area contributed by atoms with Gasteiger partial charge in [0.1, 0.15) is 10.6 Å². The molecule has 1 saturated heterocycles. The number of benzene rings is 3. The van der Waals surface area contributed by atoms with Crippen molar-refractivity contribution in [3.8, 4) is 5.75 Å². The third-order valence-electron chi connectivity index (χ3n) is 6.09. The Morgan fingerprint density at radius 2 is 1.71 bits per heavy atom. The predicted octanol–water partition coefficient (Wildman–Crippen LogP) is 5.24. The van der Waals surface area contributed by atoms with Crippen molar-refractivity contribution in [1.82, 2.24) is 4.90 Å². The second kappa shape index (κ2) is 10.5. The number of sulfonamides is 1. The molecule has 178 valence electrons. The van der Waals surface area contributed by atoms with Crippen LogP contribution < -0.4 is 9.46 Å². The number of anilines is 1. The van der Waals surface area contributed by atoms with Crippen LogP contribution in [0.3, 0.4) is 0 Å². The topological polar surface area (TPSA) is 75.7 Å². The minimum Gasteiger partial charge on any atom is -0.495 e. The zero-order valence-corrected chi connectivity index (χ0v) is 20.5. The van der Waals surface area contributed by atoms with Gasteiger partial charge in [-0.15, -0.1) is 0 Å². The monoisotopic (exact) mass is 498 g/mol. The molecule has 1 aliphatic heterocycles. The third-order valence-corrected chi connectivity index (χ3v) is 7.93. The molecule has 0 saturated carbocycles. The molecule has 1 N–H and O–H groups in total. The Balaban J connectivity index is 1.47. The van der Waals surface area contributed by atoms with Crippen molar-refractivity contribution in [1.29, 1.82) is 0 Å². The van der Waals surface area contributed by atoms with E-state index in [1.807, 2.05) is 18.2 Å². The largest absolute Gasteiger partial charge is 0.495 e. The summed E-state index contributed by atoms with van der Waals surface area (Å²) in [6.07, 6.45) is 2.82. The second-order valence-electron chi connectivity index (χ2n) is 8.38. The first-order valence-electron chi connectivity index (χ1n) is 11.2. The van der Waals surface area contributed by atoms with Crippen LogP contribution in [0.5, 0.6) is 5.75 Å². The molecule has 4 rings (SSSR count). The molecule has 6 nitrogen and oxygen atoms in total. The van der Waals surface area contributed by atoms with Gasteiger partial charge in [-0.25, -0.2) is 8.42 Å². The number of likely N-dealkylation sites (tertiary alicyclic amines) is 1. The number of ether oxygens (including phenoxy) is 1. The Morgan fingerprint density at radius 1 is 1.03 bits per heavy atom. The van der Waals surface area contributed by atoms with Crippen LogP contribution in [0.1, 0.15) is 28.8 Å². The summed E-state index contributed by atoms with van der Waals surface area (Å²) in [5, 5.41) is 0.0421. The van der Waals surface area contributed by atoms with Crippen molar-refractivity contribution in [2.24, 2.45) is 5.92 Å². The fourth-order valence-electron chi connectivity index (χ4n) is 4.24. The fourth-order valence-corrected chi connectivity index (χ4v) is 5.84. The Hall–Kier alpha value is -3.03. The van der Waals surface area contributed by atoms with E-state index in [0.717, 1.165) is 19.3 Å². The molecule has 3 aromatic carbocycles. The quantitative estimate of drug-likeness (QED) is 0.483. The van der Waals surface area contributed by atoms with Gasteiger partial charge in [-0.2, -0.15) is 0 Å². The van der Waals surface area contributed by atoms with Gasteiger partial charge in [0.25, 0.3) is 15.9 Å². The zero-order valence-electron chi connectivity index (χ0n) is 18.9. The molecule has 0 spiro atoms. The van der Waals surface area contributed by atoms with Gasteiger partial charge in [-0.05, 0) is 61.1 Å². The van der Waals surface area contributed by atoms with Crippen molar-refractivity contribution >= 4 is 33.2 Å². The average molecular weight is 499 g/mol. The van der Waals surface area contributed by atoms with E-state index in [0.29, 0.717) is 36.0 Å². The molecule has 0 aliphatic carbocycles. The lowest BCUT2D eigenvalue weighted by molar-refractivity contribution is 0.0690. The van der Waals surface area contributed by atoms with Crippen LogP contribution in [0, 0.1) is 5.92 Å². The molecule has 1 heterocycles. The van der Waals surface area contributed by atoms with E-state index in [2.05, 4.69) is 16.9 Å². The first-order chi connectivity index (χ1) is 16.4. The highest BCUT2D eigenvalue weighted by molar-refractivity contribution is 7.92. The van der Waals surface area contributed by atoms with Crippen molar-refractivity contribution < 1.29 is 17.9 Å². The van der Waals surface area contributed by atoms with Gasteiger partial charge >= 0.3 is 0 Å². The minimum absolute atomic E-state index is 0.0421. The van der Waals surface area contributed by atoms with E-state index in [9.17, 15) is 13.2 Å². The number of methoxy groups -OCH3 is 1. The number of hydrogen-bond acceptors (Lipinski definition) is 4. The van der Waals surface area contributed by atoms with Crippen molar-refractivity contribution in [3.05, 3.63) is 88.9 Å². The fraction of sp³-hybridized carbons (Fsp3) is 0.269. The van der Waals surface area contributed by atoms with Crippen molar-refractivity contribution in [2.75, 3.05) is 24.9 Å². The number of hydrogen-bond donors (Lipinski definition) is 1. The Bertz CT molecular complexity index is 1260. The normalized spacial score (nSPS) is 14.6. The summed E-state index contributed by atoms with van der Waals surface area (Å²) in [6.45, 7) is 1.28. The van der Waals surface area contributed by atoms with Gasteiger partial charge in [0.15, 0.2) is 0 Å². The van der Waals surface area contributed by atoms with Crippen LogP contribution in [0.15, 0.2) is 77.7 Å². The van der Waals surface area contributed by atoms with Crippen LogP contribution in [0.2, 0.25) is 5.02 Å².